The number of rotatable bonds is 7. The summed E-state index contributed by atoms with van der Waals surface area (Å²) in [5.74, 6) is 0.293. The van der Waals surface area contributed by atoms with Crippen LogP contribution in [0.1, 0.15) is 10.4 Å². The van der Waals surface area contributed by atoms with Crippen molar-refractivity contribution in [3.63, 3.8) is 0 Å². The summed E-state index contributed by atoms with van der Waals surface area (Å²) in [6.45, 7) is 7.95. The molecule has 0 amide bonds. The van der Waals surface area contributed by atoms with Gasteiger partial charge in [-0.1, -0.05) is 36.0 Å². The zero-order chi connectivity index (χ0) is 19.6. The number of thioether (sulfide) groups is 1. The Hall–Kier alpha value is -1.90. The molecular weight excluding hydrogens is 400 g/mol. The van der Waals surface area contributed by atoms with Crippen LogP contribution in [0.4, 0.5) is 0 Å². The van der Waals surface area contributed by atoms with Crippen LogP contribution in [0.15, 0.2) is 57.8 Å². The molecule has 0 N–H and O–H groups in total. The number of aromatic nitrogens is 2. The number of thiophene rings is 1. The highest BCUT2D eigenvalue weighted by molar-refractivity contribution is 8.00. The van der Waals surface area contributed by atoms with Gasteiger partial charge in [-0.3, -0.25) is 9.36 Å². The molecule has 3 aromatic rings. The lowest BCUT2D eigenvalue weighted by molar-refractivity contribution is 0.597. The van der Waals surface area contributed by atoms with Crippen LogP contribution in [-0.2, 0) is 16.4 Å². The summed E-state index contributed by atoms with van der Waals surface area (Å²) in [5.41, 5.74) is 0.851. The van der Waals surface area contributed by atoms with Crippen molar-refractivity contribution in [1.82, 2.24) is 9.55 Å². The Morgan fingerprint density at radius 2 is 1.96 bits per heavy atom. The monoisotopic (exact) mass is 420 g/mol. The first kappa shape index (κ1) is 19.9. The second-order valence-electron chi connectivity index (χ2n) is 6.04. The van der Waals surface area contributed by atoms with Gasteiger partial charge in [0.05, 0.1) is 16.0 Å². The molecule has 1 aromatic carbocycles. The van der Waals surface area contributed by atoms with Crippen LogP contribution in [0.5, 0.6) is 0 Å². The highest BCUT2D eigenvalue weighted by atomic mass is 32.2. The SMILES string of the molecule is C=CCn1c(SCCS(=O)(=O)c2ccccc2)nc2sc(C)c(C)c2c1=O. The molecule has 0 aliphatic carbocycles. The van der Waals surface area contributed by atoms with Gasteiger partial charge in [0, 0.05) is 17.2 Å². The van der Waals surface area contributed by atoms with Crippen LogP contribution in [0.2, 0.25) is 0 Å². The number of aryl methyl sites for hydroxylation is 2. The molecule has 0 aliphatic rings. The van der Waals surface area contributed by atoms with E-state index < -0.39 is 9.84 Å². The maximum Gasteiger partial charge on any atom is 0.263 e. The van der Waals surface area contributed by atoms with Crippen molar-refractivity contribution >= 4 is 43.2 Å². The van der Waals surface area contributed by atoms with Gasteiger partial charge in [-0.15, -0.1) is 17.9 Å². The molecule has 0 saturated heterocycles. The van der Waals surface area contributed by atoms with Crippen LogP contribution in [-0.4, -0.2) is 29.5 Å². The van der Waals surface area contributed by atoms with E-state index in [-0.39, 0.29) is 11.3 Å². The van der Waals surface area contributed by atoms with Crippen molar-refractivity contribution < 1.29 is 8.42 Å². The topological polar surface area (TPSA) is 69.0 Å². The Morgan fingerprint density at radius 3 is 2.63 bits per heavy atom. The molecule has 8 heteroatoms. The number of hydrogen-bond acceptors (Lipinski definition) is 6. The predicted octanol–water partition coefficient (Wildman–Crippen LogP) is 3.83. The zero-order valence-corrected chi connectivity index (χ0v) is 17.6. The van der Waals surface area contributed by atoms with Crippen molar-refractivity contribution in [2.75, 3.05) is 11.5 Å². The standard InChI is InChI=1S/C19H20N2O3S3/c1-4-10-21-18(22)16-13(2)14(3)26-17(16)20-19(21)25-11-12-27(23,24)15-8-6-5-7-9-15/h4-9H,1,10-12H2,2-3H3. The molecule has 0 radical (unpaired) electrons. The van der Waals surface area contributed by atoms with Crippen molar-refractivity contribution in [2.45, 2.75) is 30.4 Å². The second-order valence-corrected chi connectivity index (χ2v) is 10.4. The number of nitrogens with zero attached hydrogens (tertiary/aromatic N) is 2. The van der Waals surface area contributed by atoms with Crippen molar-refractivity contribution in [2.24, 2.45) is 0 Å². The fourth-order valence-corrected chi connectivity index (χ4v) is 6.45. The van der Waals surface area contributed by atoms with E-state index in [2.05, 4.69) is 11.6 Å². The van der Waals surface area contributed by atoms with Gasteiger partial charge >= 0.3 is 0 Å². The molecule has 0 fully saturated rings. The molecular formula is C19H20N2O3S3. The fourth-order valence-electron chi connectivity index (χ4n) is 2.70. The average Bonchev–Trinajstić information content (AvgIpc) is 2.93. The predicted molar refractivity (Wildman–Crippen MR) is 113 cm³/mol. The Labute approximate surface area is 166 Å². The summed E-state index contributed by atoms with van der Waals surface area (Å²) in [6, 6.07) is 8.38. The van der Waals surface area contributed by atoms with E-state index in [1.165, 1.54) is 23.1 Å². The van der Waals surface area contributed by atoms with Gasteiger partial charge in [0.1, 0.15) is 4.83 Å². The Balaban J connectivity index is 1.89. The van der Waals surface area contributed by atoms with E-state index in [0.717, 1.165) is 10.4 Å². The molecule has 0 saturated carbocycles. The molecule has 27 heavy (non-hydrogen) atoms. The third-order valence-corrected chi connectivity index (χ3v) is 8.32. The number of benzene rings is 1. The van der Waals surface area contributed by atoms with Crippen LogP contribution >= 0.6 is 23.1 Å². The highest BCUT2D eigenvalue weighted by Gasteiger charge is 2.18. The Bertz CT molecular complexity index is 1150. The molecule has 0 aliphatic heterocycles. The molecule has 0 atom stereocenters. The smallest absolute Gasteiger partial charge is 0.263 e. The van der Waals surface area contributed by atoms with Crippen LogP contribution in [0.25, 0.3) is 10.2 Å². The molecule has 2 heterocycles. The molecule has 5 nitrogen and oxygen atoms in total. The molecule has 3 rings (SSSR count). The summed E-state index contributed by atoms with van der Waals surface area (Å²) in [7, 11) is -3.36. The van der Waals surface area contributed by atoms with E-state index in [0.29, 0.717) is 32.6 Å². The molecule has 2 aromatic heterocycles. The fraction of sp³-hybridized carbons (Fsp3) is 0.263. The number of fused-ring (bicyclic) bond motifs is 1. The lowest BCUT2D eigenvalue weighted by atomic mass is 10.2. The van der Waals surface area contributed by atoms with E-state index >= 15 is 0 Å². The zero-order valence-electron chi connectivity index (χ0n) is 15.1. The Kier molecular flexibility index (Phi) is 5.88. The van der Waals surface area contributed by atoms with E-state index in [9.17, 15) is 13.2 Å². The maximum absolute atomic E-state index is 12.9. The van der Waals surface area contributed by atoms with Crippen molar-refractivity contribution in [3.8, 4) is 0 Å². The highest BCUT2D eigenvalue weighted by Crippen LogP contribution is 2.28. The molecule has 0 unspecified atom stereocenters. The summed E-state index contributed by atoms with van der Waals surface area (Å²) in [4.78, 5) is 19.6. The molecule has 142 valence electrons. The molecule has 0 bridgehead atoms. The third-order valence-electron chi connectivity index (χ3n) is 4.25. The van der Waals surface area contributed by atoms with Gasteiger partial charge in [0.25, 0.3) is 5.56 Å². The van der Waals surface area contributed by atoms with Gasteiger partial charge in [-0.05, 0) is 31.5 Å². The first-order chi connectivity index (χ1) is 12.8. The first-order valence-electron chi connectivity index (χ1n) is 8.37. The minimum absolute atomic E-state index is 0.0217. The van der Waals surface area contributed by atoms with Gasteiger partial charge in [0.15, 0.2) is 15.0 Å². The third kappa shape index (κ3) is 4.02. The largest absolute Gasteiger partial charge is 0.283 e. The van der Waals surface area contributed by atoms with Gasteiger partial charge < -0.3 is 0 Å². The summed E-state index contributed by atoms with van der Waals surface area (Å²) < 4.78 is 26.5. The van der Waals surface area contributed by atoms with Crippen LogP contribution in [0, 0.1) is 13.8 Å². The van der Waals surface area contributed by atoms with Gasteiger partial charge in [0.2, 0.25) is 0 Å². The lowest BCUT2D eigenvalue weighted by Crippen LogP contribution is -2.23. The lowest BCUT2D eigenvalue weighted by Gasteiger charge is -2.10. The number of sulfone groups is 1. The minimum atomic E-state index is -3.36. The van der Waals surface area contributed by atoms with Crippen molar-refractivity contribution in [1.29, 1.82) is 0 Å². The van der Waals surface area contributed by atoms with E-state index in [1.54, 1.807) is 41.0 Å². The summed E-state index contributed by atoms with van der Waals surface area (Å²) in [5, 5.41) is 1.16. The van der Waals surface area contributed by atoms with E-state index in [4.69, 9.17) is 0 Å². The van der Waals surface area contributed by atoms with E-state index in [1.807, 2.05) is 13.8 Å². The quantitative estimate of drug-likeness (QED) is 0.330. The van der Waals surface area contributed by atoms with Crippen LogP contribution < -0.4 is 5.56 Å². The second kappa shape index (κ2) is 8.00. The van der Waals surface area contributed by atoms with Gasteiger partial charge in [-0.25, -0.2) is 13.4 Å². The minimum Gasteiger partial charge on any atom is -0.283 e. The normalized spacial score (nSPS) is 11.8. The van der Waals surface area contributed by atoms with Crippen molar-refractivity contribution in [3.05, 3.63) is 63.8 Å². The molecule has 0 spiro atoms. The first-order valence-corrected chi connectivity index (χ1v) is 11.8. The average molecular weight is 421 g/mol. The van der Waals surface area contributed by atoms with Gasteiger partial charge in [-0.2, -0.15) is 0 Å². The number of hydrogen-bond donors (Lipinski definition) is 0. The van der Waals surface area contributed by atoms with Crippen LogP contribution in [0.3, 0.4) is 0 Å². The number of allylic oxidation sites excluding steroid dienone is 1. The summed E-state index contributed by atoms with van der Waals surface area (Å²) >= 11 is 2.77. The maximum atomic E-state index is 12.9. The Morgan fingerprint density at radius 1 is 1.26 bits per heavy atom. The summed E-state index contributed by atoms with van der Waals surface area (Å²) in [6.07, 6.45) is 1.65.